The van der Waals surface area contributed by atoms with Crippen LogP contribution in [0.15, 0.2) is 47.5 Å². The van der Waals surface area contributed by atoms with Gasteiger partial charge in [-0.25, -0.2) is 0 Å². The van der Waals surface area contributed by atoms with Crippen LogP contribution in [0.3, 0.4) is 0 Å². The first-order chi connectivity index (χ1) is 14.1. The molecule has 29 heavy (non-hydrogen) atoms. The minimum absolute atomic E-state index is 0.160. The summed E-state index contributed by atoms with van der Waals surface area (Å²) in [5.41, 5.74) is 2.07. The summed E-state index contributed by atoms with van der Waals surface area (Å²) in [6.07, 6.45) is 0.886. The van der Waals surface area contributed by atoms with Gasteiger partial charge in [0.1, 0.15) is 5.75 Å². The summed E-state index contributed by atoms with van der Waals surface area (Å²) in [6, 6.07) is 14.1. The molecule has 0 aromatic heterocycles. The molecule has 1 atom stereocenters. The van der Waals surface area contributed by atoms with E-state index < -0.39 is 0 Å². The molecule has 0 fully saturated rings. The number of nitrogens with one attached hydrogen (secondary N) is 2. The van der Waals surface area contributed by atoms with Gasteiger partial charge in [0.25, 0.3) is 0 Å². The Morgan fingerprint density at radius 2 is 1.93 bits per heavy atom. The van der Waals surface area contributed by atoms with Gasteiger partial charge in [0.05, 0.1) is 26.4 Å². The number of hydrogen-bond donors (Lipinski definition) is 2. The lowest BCUT2D eigenvalue weighted by atomic mass is 10.1. The van der Waals surface area contributed by atoms with E-state index in [9.17, 15) is 0 Å². The molecular formula is C22H30N4O3. The smallest absolute Gasteiger partial charge is 0.195 e. The lowest BCUT2D eigenvalue weighted by molar-refractivity contribution is 0.297. The molecule has 2 N–H and O–H groups in total. The van der Waals surface area contributed by atoms with Gasteiger partial charge < -0.3 is 29.7 Å². The van der Waals surface area contributed by atoms with Gasteiger partial charge in [0.2, 0.25) is 0 Å². The zero-order chi connectivity index (χ0) is 20.6. The van der Waals surface area contributed by atoms with Gasteiger partial charge in [0, 0.05) is 31.8 Å². The van der Waals surface area contributed by atoms with Crippen molar-refractivity contribution in [3.8, 4) is 17.2 Å². The van der Waals surface area contributed by atoms with Crippen molar-refractivity contribution in [2.24, 2.45) is 4.99 Å². The number of hydrogen-bond acceptors (Lipinski definition) is 5. The molecule has 156 valence electrons. The lowest BCUT2D eigenvalue weighted by Crippen LogP contribution is -2.38. The van der Waals surface area contributed by atoms with E-state index in [-0.39, 0.29) is 6.04 Å². The molecule has 0 bridgehead atoms. The van der Waals surface area contributed by atoms with Crippen LogP contribution in [-0.2, 0) is 0 Å². The highest BCUT2D eigenvalue weighted by molar-refractivity contribution is 5.93. The Bertz CT molecular complexity index is 839. The quantitative estimate of drug-likeness (QED) is 0.576. The highest BCUT2D eigenvalue weighted by Gasteiger charge is 2.16. The highest BCUT2D eigenvalue weighted by atomic mass is 16.5. The van der Waals surface area contributed by atoms with Crippen LogP contribution in [0.1, 0.15) is 18.0 Å². The highest BCUT2D eigenvalue weighted by Crippen LogP contribution is 2.32. The van der Waals surface area contributed by atoms with Gasteiger partial charge in [-0.3, -0.25) is 4.99 Å². The average molecular weight is 399 g/mol. The SMILES string of the molecule is CN=C(NCC(c1cccc(OC)c1)N(C)C)Nc1ccc2c(c1)OCCCO2. The van der Waals surface area contributed by atoms with E-state index in [2.05, 4.69) is 46.8 Å². The molecular weight excluding hydrogens is 368 g/mol. The molecule has 0 spiro atoms. The van der Waals surface area contributed by atoms with Crippen LogP contribution in [0.5, 0.6) is 17.2 Å². The number of methoxy groups -OCH3 is 1. The number of ether oxygens (including phenoxy) is 3. The largest absolute Gasteiger partial charge is 0.497 e. The predicted octanol–water partition coefficient (Wildman–Crippen LogP) is 3.15. The van der Waals surface area contributed by atoms with E-state index >= 15 is 0 Å². The Labute approximate surface area is 172 Å². The molecule has 7 heteroatoms. The van der Waals surface area contributed by atoms with Gasteiger partial charge in [0.15, 0.2) is 17.5 Å². The summed E-state index contributed by atoms with van der Waals surface area (Å²) in [4.78, 5) is 6.52. The molecule has 2 aromatic rings. The van der Waals surface area contributed by atoms with Crippen LogP contribution in [0.4, 0.5) is 5.69 Å². The zero-order valence-electron chi connectivity index (χ0n) is 17.6. The number of nitrogens with zero attached hydrogens (tertiary/aromatic N) is 2. The van der Waals surface area contributed by atoms with Gasteiger partial charge in [-0.15, -0.1) is 0 Å². The Morgan fingerprint density at radius 3 is 2.66 bits per heavy atom. The molecule has 0 aliphatic carbocycles. The number of anilines is 1. The summed E-state index contributed by atoms with van der Waals surface area (Å²) in [5.74, 6) is 3.07. The number of benzene rings is 2. The Hall–Kier alpha value is -2.93. The van der Waals surface area contributed by atoms with Crippen LogP contribution in [-0.4, -0.2) is 58.9 Å². The predicted molar refractivity (Wildman–Crippen MR) is 116 cm³/mol. The molecule has 0 saturated heterocycles. The van der Waals surface area contributed by atoms with Gasteiger partial charge >= 0.3 is 0 Å². The second-order valence-corrected chi connectivity index (χ2v) is 7.05. The van der Waals surface area contributed by atoms with E-state index in [4.69, 9.17) is 14.2 Å². The minimum atomic E-state index is 0.160. The summed E-state index contributed by atoms with van der Waals surface area (Å²) in [5, 5.41) is 6.74. The number of fused-ring (bicyclic) bond motifs is 1. The maximum Gasteiger partial charge on any atom is 0.195 e. The molecule has 0 saturated carbocycles. The lowest BCUT2D eigenvalue weighted by Gasteiger charge is -2.26. The fourth-order valence-electron chi connectivity index (χ4n) is 3.20. The maximum absolute atomic E-state index is 5.77. The van der Waals surface area contributed by atoms with E-state index in [0.29, 0.717) is 25.7 Å². The van der Waals surface area contributed by atoms with Crippen LogP contribution in [0.2, 0.25) is 0 Å². The molecule has 1 aliphatic rings. The van der Waals surface area contributed by atoms with Gasteiger partial charge in [-0.2, -0.15) is 0 Å². The van der Waals surface area contributed by atoms with Crippen molar-refractivity contribution in [3.63, 3.8) is 0 Å². The van der Waals surface area contributed by atoms with Crippen molar-refractivity contribution >= 4 is 11.6 Å². The zero-order valence-corrected chi connectivity index (χ0v) is 17.6. The first kappa shape index (κ1) is 20.8. The van der Waals surface area contributed by atoms with Gasteiger partial charge in [-0.1, -0.05) is 12.1 Å². The fraction of sp³-hybridized carbons (Fsp3) is 0.409. The summed E-state index contributed by atoms with van der Waals surface area (Å²) >= 11 is 0. The average Bonchev–Trinajstić information content (AvgIpc) is 2.98. The fourth-order valence-corrected chi connectivity index (χ4v) is 3.20. The van der Waals surface area contributed by atoms with E-state index in [0.717, 1.165) is 29.4 Å². The first-order valence-electron chi connectivity index (χ1n) is 9.78. The third-order valence-corrected chi connectivity index (χ3v) is 4.80. The van der Waals surface area contributed by atoms with Crippen LogP contribution >= 0.6 is 0 Å². The Balaban J connectivity index is 1.66. The Morgan fingerprint density at radius 1 is 1.14 bits per heavy atom. The number of rotatable bonds is 6. The molecule has 2 aromatic carbocycles. The molecule has 7 nitrogen and oxygen atoms in total. The van der Waals surface area contributed by atoms with Crippen LogP contribution in [0.25, 0.3) is 0 Å². The number of likely N-dealkylation sites (N-methyl/N-ethyl adjacent to an activating group) is 1. The van der Waals surface area contributed by atoms with Crippen molar-refractivity contribution in [3.05, 3.63) is 48.0 Å². The van der Waals surface area contributed by atoms with Gasteiger partial charge in [-0.05, 0) is 43.9 Å². The van der Waals surface area contributed by atoms with Crippen molar-refractivity contribution in [2.75, 3.05) is 53.3 Å². The summed E-state index contributed by atoms with van der Waals surface area (Å²) in [6.45, 7) is 2.03. The van der Waals surface area contributed by atoms with Crippen molar-refractivity contribution in [1.82, 2.24) is 10.2 Å². The number of guanidine groups is 1. The van der Waals surface area contributed by atoms with Crippen molar-refractivity contribution < 1.29 is 14.2 Å². The standard InChI is InChI=1S/C22H30N4O3/c1-23-22(25-17-9-10-20-21(14-17)29-12-6-11-28-20)24-15-19(26(2)3)16-7-5-8-18(13-16)27-4/h5,7-10,13-14,19H,6,11-12,15H2,1-4H3,(H2,23,24,25). The van der Waals surface area contributed by atoms with Crippen LogP contribution in [0, 0.1) is 0 Å². The van der Waals surface area contributed by atoms with E-state index in [1.165, 1.54) is 5.56 Å². The second-order valence-electron chi connectivity index (χ2n) is 7.05. The maximum atomic E-state index is 5.77. The molecule has 1 aliphatic heterocycles. The van der Waals surface area contributed by atoms with Crippen molar-refractivity contribution in [1.29, 1.82) is 0 Å². The van der Waals surface area contributed by atoms with Crippen molar-refractivity contribution in [2.45, 2.75) is 12.5 Å². The third kappa shape index (κ3) is 5.54. The first-order valence-corrected chi connectivity index (χ1v) is 9.78. The molecule has 1 unspecified atom stereocenters. The molecule has 0 amide bonds. The topological polar surface area (TPSA) is 67.4 Å². The Kier molecular flexibility index (Phi) is 7.19. The normalized spacial score (nSPS) is 14.9. The minimum Gasteiger partial charge on any atom is -0.497 e. The third-order valence-electron chi connectivity index (χ3n) is 4.80. The number of aliphatic imine (C=N–C) groups is 1. The molecule has 1 heterocycles. The molecule has 3 rings (SSSR count). The van der Waals surface area contributed by atoms with Crippen LogP contribution < -0.4 is 24.8 Å². The summed E-state index contributed by atoms with van der Waals surface area (Å²) < 4.78 is 16.8. The van der Waals surface area contributed by atoms with E-state index in [1.807, 2.05) is 30.3 Å². The monoisotopic (exact) mass is 398 g/mol. The second kappa shape index (κ2) is 10.0. The summed E-state index contributed by atoms with van der Waals surface area (Å²) in [7, 11) is 7.56. The van der Waals surface area contributed by atoms with E-state index in [1.54, 1.807) is 14.2 Å². The molecule has 0 radical (unpaired) electrons.